The summed E-state index contributed by atoms with van der Waals surface area (Å²) in [6.07, 6.45) is 0. The zero-order valence-electron chi connectivity index (χ0n) is 20.5. The second kappa shape index (κ2) is 8.40. The maximum Gasteiger partial charge on any atom is 0.255 e. The summed E-state index contributed by atoms with van der Waals surface area (Å²) in [7, 11) is 0. The molecular formula is C32H23ClN2O3. The Morgan fingerprint density at radius 2 is 1.26 bits per heavy atom. The van der Waals surface area contributed by atoms with Gasteiger partial charge in [0.25, 0.3) is 5.91 Å². The first kappa shape index (κ1) is 22.9. The SMILES string of the molecule is Cc1c(Cl)cccc1NC(=O)c1cccc(N2C(=O)[C@H]3C4c5ccccc5C(c5ccccc54)[C@@H]3C2=O)c1. The number of rotatable bonds is 3. The number of carbonyl (C=O) groups is 3. The molecule has 4 aromatic carbocycles. The van der Waals surface area contributed by atoms with E-state index in [2.05, 4.69) is 29.6 Å². The number of amides is 3. The van der Waals surface area contributed by atoms with Crippen LogP contribution in [0.5, 0.6) is 0 Å². The molecule has 2 bridgehead atoms. The molecular weight excluding hydrogens is 496 g/mol. The number of halogens is 1. The summed E-state index contributed by atoms with van der Waals surface area (Å²) in [5.41, 5.74) is 6.66. The van der Waals surface area contributed by atoms with Crippen molar-refractivity contribution in [3.05, 3.63) is 129 Å². The predicted molar refractivity (Wildman–Crippen MR) is 147 cm³/mol. The van der Waals surface area contributed by atoms with E-state index in [0.29, 0.717) is 22.0 Å². The van der Waals surface area contributed by atoms with Gasteiger partial charge in [0.05, 0.1) is 17.5 Å². The standard InChI is InChI=1S/C32H23ClN2O3/c1-17-24(33)14-7-15-25(17)34-30(36)18-8-6-9-19(16-18)35-31(37)28-26-20-10-2-3-11-21(20)27(29(28)32(35)38)23-13-5-4-12-22(23)26/h2-16,26-29H,1H3,(H,34,36)/t26?,27?,28-,29-/m0/s1. The third kappa shape index (κ3) is 3.15. The lowest BCUT2D eigenvalue weighted by atomic mass is 9.55. The normalized spacial score (nSPS) is 22.6. The summed E-state index contributed by atoms with van der Waals surface area (Å²) in [4.78, 5) is 42.4. The first-order valence-electron chi connectivity index (χ1n) is 12.7. The molecule has 1 heterocycles. The molecule has 0 saturated carbocycles. The maximum atomic E-state index is 14.0. The van der Waals surface area contributed by atoms with Gasteiger partial charge in [0.1, 0.15) is 0 Å². The Balaban J connectivity index is 1.26. The van der Waals surface area contributed by atoms with E-state index in [1.807, 2.05) is 31.2 Å². The first-order chi connectivity index (χ1) is 18.5. The highest BCUT2D eigenvalue weighted by atomic mass is 35.5. The first-order valence-corrected chi connectivity index (χ1v) is 13.1. The molecule has 5 nitrogen and oxygen atoms in total. The van der Waals surface area contributed by atoms with Gasteiger partial charge in [-0.05, 0) is 65.1 Å². The molecule has 4 aromatic rings. The van der Waals surface area contributed by atoms with Gasteiger partial charge in [-0.1, -0.05) is 72.3 Å². The molecule has 8 rings (SSSR count). The van der Waals surface area contributed by atoms with Crippen molar-refractivity contribution in [2.45, 2.75) is 18.8 Å². The van der Waals surface area contributed by atoms with Crippen LogP contribution in [0, 0.1) is 18.8 Å². The van der Waals surface area contributed by atoms with E-state index in [4.69, 9.17) is 11.6 Å². The number of anilines is 2. The predicted octanol–water partition coefficient (Wildman–Crippen LogP) is 6.30. The van der Waals surface area contributed by atoms with Crippen LogP contribution in [0.25, 0.3) is 0 Å². The van der Waals surface area contributed by atoms with Gasteiger partial charge in [-0.3, -0.25) is 14.4 Å². The second-order valence-corrected chi connectivity index (χ2v) is 10.6. The topological polar surface area (TPSA) is 66.5 Å². The van der Waals surface area contributed by atoms with Crippen LogP contribution in [0.3, 0.4) is 0 Å². The molecule has 38 heavy (non-hydrogen) atoms. The molecule has 1 fully saturated rings. The molecule has 3 aliphatic carbocycles. The minimum Gasteiger partial charge on any atom is -0.322 e. The molecule has 6 heteroatoms. The van der Waals surface area contributed by atoms with Crippen molar-refractivity contribution in [3.63, 3.8) is 0 Å². The number of benzene rings is 4. The van der Waals surface area contributed by atoms with Crippen molar-refractivity contribution in [2.75, 3.05) is 10.2 Å². The lowest BCUT2D eigenvalue weighted by Crippen LogP contribution is -2.41. The summed E-state index contributed by atoms with van der Waals surface area (Å²) in [6, 6.07) is 28.4. The second-order valence-electron chi connectivity index (χ2n) is 10.2. The number of nitrogens with zero attached hydrogens (tertiary/aromatic N) is 1. The Labute approximate surface area is 225 Å². The third-order valence-electron chi connectivity index (χ3n) is 8.33. The number of carbonyl (C=O) groups excluding carboxylic acids is 3. The number of hydrogen-bond donors (Lipinski definition) is 1. The average molecular weight is 519 g/mol. The molecule has 2 atom stereocenters. The van der Waals surface area contributed by atoms with Crippen LogP contribution in [-0.2, 0) is 9.59 Å². The van der Waals surface area contributed by atoms with Crippen LogP contribution in [0.2, 0.25) is 5.02 Å². The van der Waals surface area contributed by atoms with E-state index in [0.717, 1.165) is 27.8 Å². The largest absolute Gasteiger partial charge is 0.322 e. The van der Waals surface area contributed by atoms with Crippen molar-refractivity contribution in [3.8, 4) is 0 Å². The summed E-state index contributed by atoms with van der Waals surface area (Å²) in [5, 5.41) is 3.45. The summed E-state index contributed by atoms with van der Waals surface area (Å²) >= 11 is 6.21. The van der Waals surface area contributed by atoms with Crippen LogP contribution < -0.4 is 10.2 Å². The van der Waals surface area contributed by atoms with Gasteiger partial charge in [0.2, 0.25) is 11.8 Å². The van der Waals surface area contributed by atoms with E-state index in [1.54, 1.807) is 42.5 Å². The minimum absolute atomic E-state index is 0.170. The van der Waals surface area contributed by atoms with Crippen LogP contribution in [-0.4, -0.2) is 17.7 Å². The fourth-order valence-corrected chi connectivity index (χ4v) is 6.83. The van der Waals surface area contributed by atoms with Gasteiger partial charge < -0.3 is 5.32 Å². The van der Waals surface area contributed by atoms with Crippen molar-refractivity contribution >= 4 is 40.7 Å². The Morgan fingerprint density at radius 1 is 0.737 bits per heavy atom. The van der Waals surface area contributed by atoms with Gasteiger partial charge in [0, 0.05) is 28.1 Å². The van der Waals surface area contributed by atoms with Crippen molar-refractivity contribution in [1.29, 1.82) is 0 Å². The Kier molecular flexibility index (Phi) is 5.07. The zero-order valence-corrected chi connectivity index (χ0v) is 21.3. The molecule has 0 radical (unpaired) electrons. The van der Waals surface area contributed by atoms with E-state index in [1.165, 1.54) is 4.90 Å². The Morgan fingerprint density at radius 3 is 1.82 bits per heavy atom. The molecule has 186 valence electrons. The van der Waals surface area contributed by atoms with Crippen LogP contribution in [0.1, 0.15) is 50.0 Å². The Bertz CT molecular complexity index is 1560. The smallest absolute Gasteiger partial charge is 0.255 e. The molecule has 0 aromatic heterocycles. The fourth-order valence-electron chi connectivity index (χ4n) is 6.66. The van der Waals surface area contributed by atoms with Crippen molar-refractivity contribution in [1.82, 2.24) is 0 Å². The lowest BCUT2D eigenvalue weighted by Gasteiger charge is -2.45. The Hall–Kier alpha value is -4.22. The molecule has 3 amide bonds. The molecule has 1 N–H and O–H groups in total. The van der Waals surface area contributed by atoms with Gasteiger partial charge in [-0.25, -0.2) is 4.90 Å². The molecule has 1 aliphatic heterocycles. The number of hydrogen-bond acceptors (Lipinski definition) is 3. The summed E-state index contributed by atoms with van der Waals surface area (Å²) in [6.45, 7) is 1.84. The molecule has 0 spiro atoms. The van der Waals surface area contributed by atoms with E-state index in [9.17, 15) is 14.4 Å². The number of nitrogens with one attached hydrogen (secondary N) is 1. The van der Waals surface area contributed by atoms with E-state index < -0.39 is 11.8 Å². The fraction of sp³-hybridized carbons (Fsp3) is 0.156. The van der Waals surface area contributed by atoms with Crippen molar-refractivity contribution in [2.24, 2.45) is 11.8 Å². The van der Waals surface area contributed by atoms with Gasteiger partial charge in [-0.15, -0.1) is 0 Å². The lowest BCUT2D eigenvalue weighted by molar-refractivity contribution is -0.122. The van der Waals surface area contributed by atoms with E-state index >= 15 is 0 Å². The highest BCUT2D eigenvalue weighted by Gasteiger charge is 2.61. The minimum atomic E-state index is -0.469. The molecule has 0 unspecified atom stereocenters. The summed E-state index contributed by atoms with van der Waals surface area (Å²) < 4.78 is 0. The zero-order chi connectivity index (χ0) is 26.1. The molecule has 4 aliphatic rings. The highest BCUT2D eigenvalue weighted by Crippen LogP contribution is 2.61. The average Bonchev–Trinajstić information content (AvgIpc) is 3.21. The van der Waals surface area contributed by atoms with Gasteiger partial charge in [-0.2, -0.15) is 0 Å². The summed E-state index contributed by atoms with van der Waals surface area (Å²) in [5.74, 6) is -2.03. The molecule has 1 saturated heterocycles. The highest BCUT2D eigenvalue weighted by molar-refractivity contribution is 6.31. The van der Waals surface area contributed by atoms with Crippen LogP contribution in [0.15, 0.2) is 91.0 Å². The third-order valence-corrected chi connectivity index (χ3v) is 8.74. The monoisotopic (exact) mass is 518 g/mol. The quantitative estimate of drug-likeness (QED) is 0.324. The number of imide groups is 1. The van der Waals surface area contributed by atoms with Gasteiger partial charge >= 0.3 is 0 Å². The van der Waals surface area contributed by atoms with Gasteiger partial charge in [0.15, 0.2) is 0 Å². The van der Waals surface area contributed by atoms with Crippen molar-refractivity contribution < 1.29 is 14.4 Å². The maximum absolute atomic E-state index is 14.0. The van der Waals surface area contributed by atoms with Crippen LogP contribution in [0.4, 0.5) is 11.4 Å². The van der Waals surface area contributed by atoms with E-state index in [-0.39, 0.29) is 29.6 Å². The van der Waals surface area contributed by atoms with Crippen LogP contribution >= 0.6 is 11.6 Å².